The first kappa shape index (κ1) is 17.3. The van der Waals surface area contributed by atoms with Crippen LogP contribution in [-0.4, -0.2) is 49.2 Å². The molecule has 0 bridgehead atoms. The number of rotatable bonds is 4. The SMILES string of the molecule is Cc1noc(C)c1-c1cc(CC2CCN(C(=O)c3ccnnc3)C2)ncn1. The largest absolute Gasteiger partial charge is 0.361 e. The van der Waals surface area contributed by atoms with Crippen LogP contribution < -0.4 is 0 Å². The van der Waals surface area contributed by atoms with Crippen molar-refractivity contribution in [2.24, 2.45) is 5.92 Å². The van der Waals surface area contributed by atoms with E-state index in [1.807, 2.05) is 24.8 Å². The summed E-state index contributed by atoms with van der Waals surface area (Å²) in [5.74, 6) is 1.13. The highest BCUT2D eigenvalue weighted by atomic mass is 16.5. The molecule has 0 saturated carbocycles. The summed E-state index contributed by atoms with van der Waals surface area (Å²) in [5.41, 5.74) is 4.11. The molecule has 0 radical (unpaired) electrons. The molecule has 3 aromatic rings. The van der Waals surface area contributed by atoms with Gasteiger partial charge in [0, 0.05) is 18.8 Å². The van der Waals surface area contributed by atoms with Crippen LogP contribution in [0.25, 0.3) is 11.3 Å². The van der Waals surface area contributed by atoms with Crippen LogP contribution in [0.3, 0.4) is 0 Å². The molecule has 8 heteroatoms. The second-order valence-corrected chi connectivity index (χ2v) is 6.83. The van der Waals surface area contributed by atoms with Gasteiger partial charge in [-0.2, -0.15) is 10.2 Å². The Morgan fingerprint density at radius 3 is 2.93 bits per heavy atom. The molecule has 0 N–H and O–H groups in total. The van der Waals surface area contributed by atoms with Gasteiger partial charge in [-0.1, -0.05) is 5.16 Å². The maximum absolute atomic E-state index is 12.5. The molecule has 3 aromatic heterocycles. The van der Waals surface area contributed by atoms with E-state index in [1.165, 1.54) is 12.4 Å². The molecular formula is C19H20N6O2. The lowest BCUT2D eigenvalue weighted by molar-refractivity contribution is 0.0786. The molecule has 1 amide bonds. The van der Waals surface area contributed by atoms with E-state index in [0.29, 0.717) is 18.0 Å². The van der Waals surface area contributed by atoms with E-state index in [0.717, 1.165) is 47.8 Å². The van der Waals surface area contributed by atoms with Crippen molar-refractivity contribution in [2.75, 3.05) is 13.1 Å². The van der Waals surface area contributed by atoms with Gasteiger partial charge in [0.15, 0.2) is 0 Å². The van der Waals surface area contributed by atoms with Crippen LogP contribution in [0.5, 0.6) is 0 Å². The summed E-state index contributed by atoms with van der Waals surface area (Å²) in [5, 5.41) is 11.5. The third kappa shape index (κ3) is 3.55. The maximum Gasteiger partial charge on any atom is 0.255 e. The van der Waals surface area contributed by atoms with Crippen molar-refractivity contribution in [3.63, 3.8) is 0 Å². The average molecular weight is 364 g/mol. The van der Waals surface area contributed by atoms with E-state index in [1.54, 1.807) is 12.4 Å². The van der Waals surface area contributed by atoms with Gasteiger partial charge in [-0.25, -0.2) is 9.97 Å². The van der Waals surface area contributed by atoms with Crippen LogP contribution in [0.1, 0.15) is 33.9 Å². The second kappa shape index (κ2) is 7.22. The number of carbonyl (C=O) groups is 1. The zero-order chi connectivity index (χ0) is 18.8. The molecule has 1 aliphatic rings. The fourth-order valence-electron chi connectivity index (χ4n) is 3.57. The van der Waals surface area contributed by atoms with Crippen LogP contribution in [0.15, 0.2) is 35.4 Å². The third-order valence-corrected chi connectivity index (χ3v) is 4.92. The maximum atomic E-state index is 12.5. The molecule has 1 saturated heterocycles. The third-order valence-electron chi connectivity index (χ3n) is 4.92. The van der Waals surface area contributed by atoms with Gasteiger partial charge in [-0.15, -0.1) is 0 Å². The Kier molecular flexibility index (Phi) is 4.62. The van der Waals surface area contributed by atoms with Crippen LogP contribution in [0.4, 0.5) is 0 Å². The predicted octanol–water partition coefficient (Wildman–Crippen LogP) is 2.24. The Morgan fingerprint density at radius 1 is 1.30 bits per heavy atom. The zero-order valence-electron chi connectivity index (χ0n) is 15.3. The standard InChI is InChI=1S/C19H20N6O2/c1-12-18(13(2)27-24-12)17-8-16(20-11-21-17)7-14-4-6-25(10-14)19(26)15-3-5-22-23-9-15/h3,5,8-9,11,14H,4,6-7,10H2,1-2H3. The van der Waals surface area contributed by atoms with Crippen molar-refractivity contribution < 1.29 is 9.32 Å². The molecule has 8 nitrogen and oxygen atoms in total. The topological polar surface area (TPSA) is 97.9 Å². The minimum Gasteiger partial charge on any atom is -0.361 e. The van der Waals surface area contributed by atoms with Crippen LogP contribution >= 0.6 is 0 Å². The zero-order valence-corrected chi connectivity index (χ0v) is 15.3. The fourth-order valence-corrected chi connectivity index (χ4v) is 3.57. The van der Waals surface area contributed by atoms with E-state index in [9.17, 15) is 4.79 Å². The summed E-state index contributed by atoms with van der Waals surface area (Å²) in [4.78, 5) is 23.2. The Hall–Kier alpha value is -3.16. The highest BCUT2D eigenvalue weighted by molar-refractivity contribution is 5.93. The summed E-state index contributed by atoms with van der Waals surface area (Å²) in [6.45, 7) is 5.24. The van der Waals surface area contributed by atoms with Crippen molar-refractivity contribution in [3.8, 4) is 11.3 Å². The van der Waals surface area contributed by atoms with Gasteiger partial charge < -0.3 is 9.42 Å². The first-order valence-electron chi connectivity index (χ1n) is 8.92. The van der Waals surface area contributed by atoms with Crippen molar-refractivity contribution in [1.82, 2.24) is 30.2 Å². The highest BCUT2D eigenvalue weighted by Gasteiger charge is 2.27. The van der Waals surface area contributed by atoms with Crippen molar-refractivity contribution >= 4 is 5.91 Å². The number of likely N-dealkylation sites (tertiary alicyclic amines) is 1. The smallest absolute Gasteiger partial charge is 0.255 e. The minimum atomic E-state index is 0.00602. The van der Waals surface area contributed by atoms with Crippen molar-refractivity contribution in [2.45, 2.75) is 26.7 Å². The lowest BCUT2D eigenvalue weighted by Gasteiger charge is -2.16. The summed E-state index contributed by atoms with van der Waals surface area (Å²) in [6.07, 6.45) is 6.39. The van der Waals surface area contributed by atoms with Gasteiger partial charge in [0.25, 0.3) is 5.91 Å². The first-order chi connectivity index (χ1) is 13.1. The van der Waals surface area contributed by atoms with E-state index in [2.05, 4.69) is 25.3 Å². The Labute approximate surface area is 156 Å². The Morgan fingerprint density at radius 2 is 2.19 bits per heavy atom. The number of carbonyl (C=O) groups excluding carboxylic acids is 1. The molecule has 4 rings (SSSR count). The fraction of sp³-hybridized carbons (Fsp3) is 0.368. The van der Waals surface area contributed by atoms with E-state index in [4.69, 9.17) is 4.52 Å². The molecule has 1 atom stereocenters. The normalized spacial score (nSPS) is 16.7. The molecule has 1 unspecified atom stereocenters. The lowest BCUT2D eigenvalue weighted by Crippen LogP contribution is -2.29. The number of aryl methyl sites for hydroxylation is 2. The van der Waals surface area contributed by atoms with Crippen molar-refractivity contribution in [1.29, 1.82) is 0 Å². The molecule has 1 aliphatic heterocycles. The number of hydrogen-bond acceptors (Lipinski definition) is 7. The van der Waals surface area contributed by atoms with Gasteiger partial charge in [0.05, 0.1) is 34.9 Å². The minimum absolute atomic E-state index is 0.00602. The summed E-state index contributed by atoms with van der Waals surface area (Å²) < 4.78 is 5.24. The number of amides is 1. The molecule has 0 aromatic carbocycles. The van der Waals surface area contributed by atoms with Gasteiger partial charge in [-0.3, -0.25) is 4.79 Å². The van der Waals surface area contributed by atoms with E-state index < -0.39 is 0 Å². The average Bonchev–Trinajstić information content (AvgIpc) is 3.28. The number of nitrogens with zero attached hydrogens (tertiary/aromatic N) is 6. The monoisotopic (exact) mass is 364 g/mol. The lowest BCUT2D eigenvalue weighted by atomic mass is 10.0. The second-order valence-electron chi connectivity index (χ2n) is 6.83. The van der Waals surface area contributed by atoms with Gasteiger partial charge in [0.2, 0.25) is 0 Å². The molecular weight excluding hydrogens is 344 g/mol. The Balaban J connectivity index is 1.45. The van der Waals surface area contributed by atoms with Crippen LogP contribution in [-0.2, 0) is 6.42 Å². The highest BCUT2D eigenvalue weighted by Crippen LogP contribution is 2.27. The predicted molar refractivity (Wildman–Crippen MR) is 96.7 cm³/mol. The van der Waals surface area contributed by atoms with Gasteiger partial charge in [-0.05, 0) is 44.7 Å². The summed E-state index contributed by atoms with van der Waals surface area (Å²) in [7, 11) is 0. The van der Waals surface area contributed by atoms with Crippen LogP contribution in [0.2, 0.25) is 0 Å². The van der Waals surface area contributed by atoms with Crippen LogP contribution in [0, 0.1) is 19.8 Å². The van der Waals surface area contributed by atoms with Crippen molar-refractivity contribution in [3.05, 3.63) is 53.6 Å². The Bertz CT molecular complexity index is 936. The summed E-state index contributed by atoms with van der Waals surface area (Å²) >= 11 is 0. The molecule has 4 heterocycles. The van der Waals surface area contributed by atoms with Gasteiger partial charge in [0.1, 0.15) is 12.1 Å². The van der Waals surface area contributed by atoms with E-state index in [-0.39, 0.29) is 5.91 Å². The quantitative estimate of drug-likeness (QED) is 0.700. The summed E-state index contributed by atoms with van der Waals surface area (Å²) in [6, 6.07) is 3.69. The first-order valence-corrected chi connectivity index (χ1v) is 8.92. The van der Waals surface area contributed by atoms with E-state index >= 15 is 0 Å². The molecule has 0 aliphatic carbocycles. The molecule has 27 heavy (non-hydrogen) atoms. The number of hydrogen-bond donors (Lipinski definition) is 0. The number of aromatic nitrogens is 5. The molecule has 1 fully saturated rings. The van der Waals surface area contributed by atoms with Gasteiger partial charge >= 0.3 is 0 Å². The molecule has 138 valence electrons. The molecule has 0 spiro atoms.